The van der Waals surface area contributed by atoms with E-state index in [1.54, 1.807) is 12.1 Å². The molecule has 108 valence electrons. The minimum atomic E-state index is -1.15. The second-order valence-electron chi connectivity index (χ2n) is 4.09. The Kier molecular flexibility index (Phi) is 4.39. The highest BCUT2D eigenvalue weighted by molar-refractivity contribution is 8.26. The molecule has 1 fully saturated rings. The molecule has 1 saturated heterocycles. The third-order valence-corrected chi connectivity index (χ3v) is 3.98. The first-order chi connectivity index (χ1) is 9.88. The van der Waals surface area contributed by atoms with Gasteiger partial charge in [0.25, 0.3) is 5.91 Å². The first kappa shape index (κ1) is 15.2. The van der Waals surface area contributed by atoms with Crippen molar-refractivity contribution in [1.29, 1.82) is 0 Å². The van der Waals surface area contributed by atoms with Crippen LogP contribution in [0.25, 0.3) is 6.08 Å². The van der Waals surface area contributed by atoms with Gasteiger partial charge in [0.2, 0.25) is 0 Å². The molecule has 0 aliphatic carbocycles. The van der Waals surface area contributed by atoms with Gasteiger partial charge in [-0.2, -0.15) is 0 Å². The topological polar surface area (TPSA) is 94.9 Å². The maximum absolute atomic E-state index is 12.0. The zero-order chi connectivity index (χ0) is 15.6. The fourth-order valence-electron chi connectivity index (χ4n) is 1.68. The minimum Gasteiger partial charge on any atom is -0.480 e. The number of benzene rings is 1. The van der Waals surface area contributed by atoms with Gasteiger partial charge < -0.3 is 10.2 Å². The minimum absolute atomic E-state index is 0.102. The van der Waals surface area contributed by atoms with Crippen molar-refractivity contribution in [2.24, 2.45) is 0 Å². The van der Waals surface area contributed by atoms with Crippen molar-refractivity contribution in [2.75, 3.05) is 6.54 Å². The summed E-state index contributed by atoms with van der Waals surface area (Å²) in [4.78, 5) is 34.9. The number of nitrogens with zero attached hydrogens (tertiary/aromatic N) is 1. The van der Waals surface area contributed by atoms with E-state index in [9.17, 15) is 14.4 Å². The van der Waals surface area contributed by atoms with Crippen molar-refractivity contribution in [3.63, 3.8) is 0 Å². The van der Waals surface area contributed by atoms with Gasteiger partial charge in [-0.3, -0.25) is 14.5 Å². The van der Waals surface area contributed by atoms with Crippen LogP contribution in [0.15, 0.2) is 29.2 Å². The molecule has 0 saturated carbocycles. The summed E-state index contributed by atoms with van der Waals surface area (Å²) >= 11 is 5.96. The van der Waals surface area contributed by atoms with Crippen LogP contribution in [0.1, 0.15) is 15.9 Å². The average molecular weight is 323 g/mol. The van der Waals surface area contributed by atoms with Crippen molar-refractivity contribution in [3.05, 3.63) is 40.3 Å². The summed E-state index contributed by atoms with van der Waals surface area (Å²) in [6.45, 7) is -0.489. The first-order valence-corrected chi connectivity index (χ1v) is 6.91. The van der Waals surface area contributed by atoms with Crippen LogP contribution in [0.2, 0.25) is 0 Å². The lowest BCUT2D eigenvalue weighted by atomic mass is 10.1. The molecule has 6 nitrogen and oxygen atoms in total. The van der Waals surface area contributed by atoms with Gasteiger partial charge in [0.15, 0.2) is 0 Å². The molecule has 1 heterocycles. The van der Waals surface area contributed by atoms with Crippen molar-refractivity contribution in [3.8, 4) is 0 Å². The Balaban J connectivity index is 2.28. The Morgan fingerprint density at radius 2 is 2.05 bits per heavy atom. The number of aromatic carboxylic acids is 1. The predicted molar refractivity (Wildman–Crippen MR) is 80.9 cm³/mol. The number of hydrogen-bond acceptors (Lipinski definition) is 5. The molecule has 1 aliphatic heterocycles. The summed E-state index contributed by atoms with van der Waals surface area (Å²) in [5.41, 5.74) is 0.635. The van der Waals surface area contributed by atoms with Gasteiger partial charge in [0, 0.05) is 0 Å². The average Bonchev–Trinajstić information content (AvgIpc) is 2.66. The normalized spacial score (nSPS) is 16.6. The molecule has 2 N–H and O–H groups in total. The van der Waals surface area contributed by atoms with E-state index in [0.717, 1.165) is 16.7 Å². The molecule has 0 atom stereocenters. The Bertz CT molecular complexity index is 683. The van der Waals surface area contributed by atoms with Crippen LogP contribution < -0.4 is 0 Å². The molecule has 1 aromatic carbocycles. The Hall–Kier alpha value is -2.19. The Labute approximate surface area is 129 Å². The van der Waals surface area contributed by atoms with Gasteiger partial charge in [-0.25, -0.2) is 4.79 Å². The summed E-state index contributed by atoms with van der Waals surface area (Å²) < 4.78 is 0.169. The van der Waals surface area contributed by atoms with E-state index < -0.39 is 24.4 Å². The van der Waals surface area contributed by atoms with E-state index in [4.69, 9.17) is 22.4 Å². The number of rotatable bonds is 4. The molecule has 1 aromatic rings. The quantitative estimate of drug-likeness (QED) is 0.643. The van der Waals surface area contributed by atoms with Crippen LogP contribution in [0.4, 0.5) is 0 Å². The molecule has 0 aromatic heterocycles. The van der Waals surface area contributed by atoms with Crippen molar-refractivity contribution in [1.82, 2.24) is 4.90 Å². The zero-order valence-corrected chi connectivity index (χ0v) is 12.1. The number of amides is 1. The van der Waals surface area contributed by atoms with Crippen LogP contribution in [-0.2, 0) is 9.59 Å². The highest BCUT2D eigenvalue weighted by Gasteiger charge is 2.33. The second kappa shape index (κ2) is 6.06. The molecular formula is C13H9NO5S2. The highest BCUT2D eigenvalue weighted by Crippen LogP contribution is 2.32. The van der Waals surface area contributed by atoms with Crippen LogP contribution >= 0.6 is 24.0 Å². The monoisotopic (exact) mass is 323 g/mol. The van der Waals surface area contributed by atoms with Gasteiger partial charge in [-0.05, 0) is 23.8 Å². The van der Waals surface area contributed by atoms with Gasteiger partial charge in [-0.15, -0.1) is 0 Å². The highest BCUT2D eigenvalue weighted by atomic mass is 32.2. The van der Waals surface area contributed by atoms with E-state index in [2.05, 4.69) is 0 Å². The van der Waals surface area contributed by atoms with Gasteiger partial charge >= 0.3 is 11.9 Å². The van der Waals surface area contributed by atoms with Crippen LogP contribution in [0, 0.1) is 0 Å². The SMILES string of the molecule is O=C(O)CN1C(=O)/C(=C\c2cccc(C(=O)O)c2)SC1=S. The smallest absolute Gasteiger partial charge is 0.335 e. The lowest BCUT2D eigenvalue weighted by Gasteiger charge is -2.10. The number of aliphatic carboxylic acids is 1. The first-order valence-electron chi connectivity index (χ1n) is 5.69. The fourth-order valence-corrected chi connectivity index (χ4v) is 2.94. The van der Waals surface area contributed by atoms with E-state index >= 15 is 0 Å². The summed E-state index contributed by atoms with van der Waals surface area (Å²) in [5.74, 6) is -2.71. The summed E-state index contributed by atoms with van der Waals surface area (Å²) in [5, 5.41) is 17.7. The molecule has 8 heteroatoms. The molecule has 21 heavy (non-hydrogen) atoms. The Morgan fingerprint density at radius 1 is 1.33 bits per heavy atom. The largest absolute Gasteiger partial charge is 0.480 e. The van der Waals surface area contributed by atoms with E-state index in [-0.39, 0.29) is 14.8 Å². The van der Waals surface area contributed by atoms with Crippen molar-refractivity contribution < 1.29 is 24.6 Å². The summed E-state index contributed by atoms with van der Waals surface area (Å²) in [6.07, 6.45) is 1.49. The van der Waals surface area contributed by atoms with Crippen LogP contribution in [-0.4, -0.2) is 43.8 Å². The van der Waals surface area contributed by atoms with Crippen LogP contribution in [0.3, 0.4) is 0 Å². The number of carbonyl (C=O) groups excluding carboxylic acids is 1. The third kappa shape index (κ3) is 3.47. The Morgan fingerprint density at radius 3 is 2.67 bits per heavy atom. The van der Waals surface area contributed by atoms with Gasteiger partial charge in [0.05, 0.1) is 10.5 Å². The van der Waals surface area contributed by atoms with Crippen molar-refractivity contribution >= 4 is 52.2 Å². The molecule has 0 bridgehead atoms. The summed E-state index contributed by atoms with van der Waals surface area (Å²) in [7, 11) is 0. The maximum atomic E-state index is 12.0. The third-order valence-electron chi connectivity index (χ3n) is 2.60. The number of thioether (sulfide) groups is 1. The van der Waals surface area contributed by atoms with Crippen molar-refractivity contribution in [2.45, 2.75) is 0 Å². The number of thiocarbonyl (C=S) groups is 1. The number of carboxylic acid groups (broad SMARTS) is 2. The molecule has 0 radical (unpaired) electrons. The summed E-state index contributed by atoms with van der Waals surface area (Å²) in [6, 6.07) is 6.07. The maximum Gasteiger partial charge on any atom is 0.335 e. The predicted octanol–water partition coefficient (Wildman–Crippen LogP) is 1.67. The lowest BCUT2D eigenvalue weighted by molar-refractivity contribution is -0.140. The standard InChI is InChI=1S/C13H9NO5S2/c15-10(16)6-14-11(17)9(21-13(14)20)5-7-2-1-3-8(4-7)12(18)19/h1-5H,6H2,(H,15,16)(H,18,19)/b9-5+. The van der Waals surface area contributed by atoms with Gasteiger partial charge in [0.1, 0.15) is 10.9 Å². The number of carbonyl (C=O) groups is 3. The fraction of sp³-hybridized carbons (Fsp3) is 0.0769. The lowest BCUT2D eigenvalue weighted by Crippen LogP contribution is -2.33. The van der Waals surface area contributed by atoms with E-state index in [1.165, 1.54) is 18.2 Å². The zero-order valence-electron chi connectivity index (χ0n) is 10.5. The molecule has 0 spiro atoms. The molecular weight excluding hydrogens is 314 g/mol. The molecule has 0 unspecified atom stereocenters. The molecule has 1 amide bonds. The van der Waals surface area contributed by atoms with E-state index in [0.29, 0.717) is 5.56 Å². The van der Waals surface area contributed by atoms with Crippen LogP contribution in [0.5, 0.6) is 0 Å². The van der Waals surface area contributed by atoms with E-state index in [1.807, 2.05) is 0 Å². The molecule has 2 rings (SSSR count). The molecule has 1 aliphatic rings. The second-order valence-corrected chi connectivity index (χ2v) is 5.77. The van der Waals surface area contributed by atoms with Gasteiger partial charge in [-0.1, -0.05) is 36.1 Å². The number of carboxylic acids is 2. The number of hydrogen-bond donors (Lipinski definition) is 2.